The van der Waals surface area contributed by atoms with Gasteiger partial charge in [-0.1, -0.05) is 23.2 Å². The maximum atomic E-state index is 6.15. The Balaban J connectivity index is 2.07. The Bertz CT molecular complexity index is 364. The highest BCUT2D eigenvalue weighted by Gasteiger charge is 2.20. The van der Waals surface area contributed by atoms with Crippen molar-refractivity contribution in [3.8, 4) is 0 Å². The third-order valence-corrected chi connectivity index (χ3v) is 3.55. The zero-order chi connectivity index (χ0) is 11.5. The van der Waals surface area contributed by atoms with Crippen molar-refractivity contribution in [1.29, 1.82) is 0 Å². The van der Waals surface area contributed by atoms with Crippen LogP contribution in [0, 0.1) is 5.92 Å². The second kappa shape index (κ2) is 5.37. The molecule has 1 aromatic carbocycles. The van der Waals surface area contributed by atoms with Crippen molar-refractivity contribution in [3.63, 3.8) is 0 Å². The molecule has 1 aromatic rings. The van der Waals surface area contributed by atoms with Crippen LogP contribution in [0.5, 0.6) is 0 Å². The average Bonchev–Trinajstić information content (AvgIpc) is 2.74. The van der Waals surface area contributed by atoms with Crippen LogP contribution in [0.15, 0.2) is 18.2 Å². The third kappa shape index (κ3) is 2.89. The highest BCUT2D eigenvalue weighted by Crippen LogP contribution is 2.30. The van der Waals surface area contributed by atoms with Crippen LogP contribution in [0.3, 0.4) is 0 Å². The zero-order valence-corrected chi connectivity index (χ0v) is 10.5. The van der Waals surface area contributed by atoms with Crippen molar-refractivity contribution >= 4 is 23.2 Å². The van der Waals surface area contributed by atoms with Gasteiger partial charge in [0.1, 0.15) is 0 Å². The molecule has 0 saturated carbocycles. The Kier molecular flexibility index (Phi) is 4.09. The molecule has 0 aliphatic carbocycles. The highest BCUT2D eigenvalue weighted by atomic mass is 35.5. The molecule has 2 N–H and O–H groups in total. The van der Waals surface area contributed by atoms with Gasteiger partial charge in [0.25, 0.3) is 0 Å². The van der Waals surface area contributed by atoms with Crippen molar-refractivity contribution in [2.24, 2.45) is 11.7 Å². The molecular formula is C12H15Cl2NO. The van der Waals surface area contributed by atoms with Crippen molar-refractivity contribution in [2.75, 3.05) is 13.2 Å². The summed E-state index contributed by atoms with van der Waals surface area (Å²) in [6.45, 7) is 1.66. The standard InChI is InChI=1S/C12H15Cl2NO/c13-9-1-2-11(14)10(6-9)12(15)5-8-3-4-16-7-8/h1-2,6,8,12H,3-5,7,15H2. The molecule has 0 amide bonds. The van der Waals surface area contributed by atoms with Gasteiger partial charge in [-0.05, 0) is 42.5 Å². The van der Waals surface area contributed by atoms with Crippen molar-refractivity contribution in [3.05, 3.63) is 33.8 Å². The van der Waals surface area contributed by atoms with E-state index in [1.807, 2.05) is 6.07 Å². The number of hydrogen-bond acceptors (Lipinski definition) is 2. The van der Waals surface area contributed by atoms with E-state index in [-0.39, 0.29) is 6.04 Å². The van der Waals surface area contributed by atoms with Gasteiger partial charge in [-0.15, -0.1) is 0 Å². The summed E-state index contributed by atoms with van der Waals surface area (Å²) in [6, 6.07) is 5.37. The molecule has 2 unspecified atom stereocenters. The monoisotopic (exact) mass is 259 g/mol. The summed E-state index contributed by atoms with van der Waals surface area (Å²) in [4.78, 5) is 0. The molecule has 1 aliphatic heterocycles. The minimum atomic E-state index is -0.0575. The van der Waals surface area contributed by atoms with Gasteiger partial charge in [0.15, 0.2) is 0 Å². The van der Waals surface area contributed by atoms with Crippen LogP contribution in [0.1, 0.15) is 24.4 Å². The lowest BCUT2D eigenvalue weighted by Gasteiger charge is -2.17. The molecule has 0 spiro atoms. The Hall–Kier alpha value is -0.280. The van der Waals surface area contributed by atoms with Crippen LogP contribution in [-0.4, -0.2) is 13.2 Å². The molecule has 0 aromatic heterocycles. The summed E-state index contributed by atoms with van der Waals surface area (Å²) in [6.07, 6.45) is 1.99. The summed E-state index contributed by atoms with van der Waals surface area (Å²) in [5.41, 5.74) is 7.08. The molecule has 1 aliphatic rings. The fourth-order valence-electron chi connectivity index (χ4n) is 2.05. The number of nitrogens with two attached hydrogens (primary N) is 1. The largest absolute Gasteiger partial charge is 0.381 e. The van der Waals surface area contributed by atoms with E-state index in [0.717, 1.165) is 31.6 Å². The second-order valence-electron chi connectivity index (χ2n) is 4.24. The second-order valence-corrected chi connectivity index (χ2v) is 5.08. The molecule has 0 radical (unpaired) electrons. The van der Waals surface area contributed by atoms with Gasteiger partial charge in [0.2, 0.25) is 0 Å². The van der Waals surface area contributed by atoms with E-state index in [9.17, 15) is 0 Å². The minimum Gasteiger partial charge on any atom is -0.381 e. The van der Waals surface area contributed by atoms with Gasteiger partial charge >= 0.3 is 0 Å². The van der Waals surface area contributed by atoms with Crippen LogP contribution in [0.2, 0.25) is 10.0 Å². The molecule has 4 heteroatoms. The van der Waals surface area contributed by atoms with Crippen LogP contribution >= 0.6 is 23.2 Å². The van der Waals surface area contributed by atoms with Gasteiger partial charge in [0.05, 0.1) is 0 Å². The van der Waals surface area contributed by atoms with E-state index in [4.69, 9.17) is 33.7 Å². The quantitative estimate of drug-likeness (QED) is 0.903. The lowest BCUT2D eigenvalue weighted by atomic mass is 9.95. The van der Waals surface area contributed by atoms with Gasteiger partial charge in [-0.2, -0.15) is 0 Å². The number of benzene rings is 1. The normalized spacial score (nSPS) is 22.3. The third-order valence-electron chi connectivity index (χ3n) is 2.97. The molecule has 1 heterocycles. The van der Waals surface area contributed by atoms with Crippen molar-refractivity contribution in [1.82, 2.24) is 0 Å². The maximum absolute atomic E-state index is 6.15. The number of ether oxygens (including phenoxy) is 1. The Morgan fingerprint density at radius 1 is 1.44 bits per heavy atom. The maximum Gasteiger partial charge on any atom is 0.0495 e. The van der Waals surface area contributed by atoms with E-state index in [2.05, 4.69) is 0 Å². The van der Waals surface area contributed by atoms with Gasteiger partial charge < -0.3 is 10.5 Å². The van der Waals surface area contributed by atoms with Crippen LogP contribution in [-0.2, 0) is 4.74 Å². The van der Waals surface area contributed by atoms with E-state index in [1.165, 1.54) is 0 Å². The Labute approximate surface area is 106 Å². The SMILES string of the molecule is NC(CC1CCOC1)c1cc(Cl)ccc1Cl. The lowest BCUT2D eigenvalue weighted by Crippen LogP contribution is -2.16. The smallest absolute Gasteiger partial charge is 0.0495 e. The zero-order valence-electron chi connectivity index (χ0n) is 8.96. The topological polar surface area (TPSA) is 35.2 Å². The first-order valence-electron chi connectivity index (χ1n) is 5.45. The molecule has 1 saturated heterocycles. The fourth-order valence-corrected chi connectivity index (χ4v) is 2.49. The van der Waals surface area contributed by atoms with Crippen molar-refractivity contribution in [2.45, 2.75) is 18.9 Å². The summed E-state index contributed by atoms with van der Waals surface area (Å²) in [5.74, 6) is 0.546. The average molecular weight is 260 g/mol. The number of rotatable bonds is 3. The minimum absolute atomic E-state index is 0.0575. The molecule has 0 bridgehead atoms. The Morgan fingerprint density at radius 2 is 2.25 bits per heavy atom. The summed E-state index contributed by atoms with van der Waals surface area (Å²) in [7, 11) is 0. The summed E-state index contributed by atoms with van der Waals surface area (Å²) in [5, 5.41) is 1.37. The molecular weight excluding hydrogens is 245 g/mol. The van der Waals surface area contributed by atoms with Crippen LogP contribution in [0.25, 0.3) is 0 Å². The van der Waals surface area contributed by atoms with Crippen molar-refractivity contribution < 1.29 is 4.74 Å². The first-order valence-corrected chi connectivity index (χ1v) is 6.20. The highest BCUT2D eigenvalue weighted by molar-refractivity contribution is 6.33. The first-order chi connectivity index (χ1) is 7.66. The van der Waals surface area contributed by atoms with E-state index in [0.29, 0.717) is 16.0 Å². The molecule has 88 valence electrons. The van der Waals surface area contributed by atoms with Crippen LogP contribution < -0.4 is 5.73 Å². The molecule has 2 rings (SSSR count). The molecule has 1 fully saturated rings. The van der Waals surface area contributed by atoms with Crippen LogP contribution in [0.4, 0.5) is 0 Å². The number of hydrogen-bond donors (Lipinski definition) is 1. The summed E-state index contributed by atoms with van der Waals surface area (Å²) >= 11 is 12.0. The van der Waals surface area contributed by atoms with Gasteiger partial charge in [0, 0.05) is 29.3 Å². The van der Waals surface area contributed by atoms with Gasteiger partial charge in [-0.3, -0.25) is 0 Å². The summed E-state index contributed by atoms with van der Waals surface area (Å²) < 4.78 is 5.33. The fraction of sp³-hybridized carbons (Fsp3) is 0.500. The van der Waals surface area contributed by atoms with E-state index < -0.39 is 0 Å². The van der Waals surface area contributed by atoms with E-state index in [1.54, 1.807) is 12.1 Å². The number of halogens is 2. The molecule has 2 atom stereocenters. The predicted octanol–water partition coefficient (Wildman–Crippen LogP) is 3.42. The van der Waals surface area contributed by atoms with E-state index >= 15 is 0 Å². The molecule has 16 heavy (non-hydrogen) atoms. The first kappa shape index (κ1) is 12.2. The Morgan fingerprint density at radius 3 is 2.94 bits per heavy atom. The van der Waals surface area contributed by atoms with Gasteiger partial charge in [-0.25, -0.2) is 0 Å². The lowest BCUT2D eigenvalue weighted by molar-refractivity contribution is 0.182. The predicted molar refractivity (Wildman–Crippen MR) is 66.9 cm³/mol. The molecule has 2 nitrogen and oxygen atoms in total.